The number of hydrogen-bond donors (Lipinski definition) is 1. The van der Waals surface area contributed by atoms with Crippen molar-refractivity contribution in [3.05, 3.63) is 71.8 Å². The molecule has 2 amide bonds. The molecule has 0 aromatic heterocycles. The quantitative estimate of drug-likeness (QED) is 0.905. The van der Waals surface area contributed by atoms with Crippen LogP contribution < -0.4 is 5.32 Å². The van der Waals surface area contributed by atoms with Crippen LogP contribution in [0.1, 0.15) is 15.9 Å². The molecule has 0 unspecified atom stereocenters. The Morgan fingerprint density at radius 1 is 0.920 bits per heavy atom. The molecule has 0 aliphatic carbocycles. The van der Waals surface area contributed by atoms with Crippen LogP contribution in [-0.4, -0.2) is 54.3 Å². The molecule has 130 valence electrons. The number of hydrogen-bond acceptors (Lipinski definition) is 3. The number of benzene rings is 2. The van der Waals surface area contributed by atoms with E-state index in [-0.39, 0.29) is 18.4 Å². The predicted molar refractivity (Wildman–Crippen MR) is 97.1 cm³/mol. The van der Waals surface area contributed by atoms with E-state index in [0.717, 1.165) is 18.7 Å². The molecule has 1 heterocycles. The number of amides is 2. The van der Waals surface area contributed by atoms with Gasteiger partial charge in [0.1, 0.15) is 6.54 Å². The van der Waals surface area contributed by atoms with Gasteiger partial charge in [0.15, 0.2) is 0 Å². The van der Waals surface area contributed by atoms with E-state index in [1.165, 1.54) is 0 Å². The second-order valence-corrected chi connectivity index (χ2v) is 6.14. The fraction of sp³-hybridized carbons (Fsp3) is 0.300. The largest absolute Gasteiger partial charge is 0.339 e. The molecule has 1 saturated heterocycles. The van der Waals surface area contributed by atoms with Crippen LogP contribution in [-0.2, 0) is 11.3 Å². The van der Waals surface area contributed by atoms with Gasteiger partial charge < -0.3 is 15.1 Å². The third-order valence-electron chi connectivity index (χ3n) is 4.32. The summed E-state index contributed by atoms with van der Waals surface area (Å²) < 4.78 is 0. The lowest BCUT2D eigenvalue weighted by molar-refractivity contribution is -0.132. The van der Waals surface area contributed by atoms with Crippen LogP contribution in [0.5, 0.6) is 0 Å². The predicted octanol–water partition coefficient (Wildman–Crippen LogP) is 1.76. The van der Waals surface area contributed by atoms with Crippen LogP contribution in [0.4, 0.5) is 0 Å². The Balaban J connectivity index is 1.76. The lowest BCUT2D eigenvalue weighted by atomic mass is 10.1. The molecule has 0 saturated carbocycles. The minimum Gasteiger partial charge on any atom is -0.339 e. The number of piperazine rings is 1. The van der Waals surface area contributed by atoms with Gasteiger partial charge in [0, 0.05) is 38.3 Å². The van der Waals surface area contributed by atoms with Crippen molar-refractivity contribution in [1.29, 1.82) is 0 Å². The number of carbonyl (C=O) groups excluding carboxylic acids is 2. The first-order chi connectivity index (χ1) is 12.2. The van der Waals surface area contributed by atoms with Crippen molar-refractivity contribution >= 4 is 11.8 Å². The van der Waals surface area contributed by atoms with Crippen LogP contribution in [0, 0.1) is 0 Å². The molecule has 2 aromatic rings. The van der Waals surface area contributed by atoms with Crippen LogP contribution in [0.2, 0.25) is 0 Å². The summed E-state index contributed by atoms with van der Waals surface area (Å²) in [7, 11) is 0. The van der Waals surface area contributed by atoms with Crippen molar-refractivity contribution in [3.63, 3.8) is 0 Å². The summed E-state index contributed by atoms with van der Waals surface area (Å²) in [5.74, 6) is -0.116. The van der Waals surface area contributed by atoms with Gasteiger partial charge in [-0.2, -0.15) is 0 Å². The molecule has 0 atom stereocenters. The van der Waals surface area contributed by atoms with E-state index in [0.29, 0.717) is 25.2 Å². The van der Waals surface area contributed by atoms with E-state index in [1.807, 2.05) is 53.4 Å². The van der Waals surface area contributed by atoms with E-state index in [9.17, 15) is 9.59 Å². The molecular weight excluding hydrogens is 314 g/mol. The van der Waals surface area contributed by atoms with Gasteiger partial charge in [0.2, 0.25) is 5.91 Å². The molecule has 5 nitrogen and oxygen atoms in total. The summed E-state index contributed by atoms with van der Waals surface area (Å²) >= 11 is 0. The smallest absolute Gasteiger partial charge is 0.254 e. The van der Waals surface area contributed by atoms with Crippen molar-refractivity contribution in [2.24, 2.45) is 0 Å². The highest BCUT2D eigenvalue weighted by Crippen LogP contribution is 2.11. The summed E-state index contributed by atoms with van der Waals surface area (Å²) in [5, 5.41) is 3.24. The maximum atomic E-state index is 12.9. The zero-order valence-corrected chi connectivity index (χ0v) is 14.2. The van der Waals surface area contributed by atoms with Gasteiger partial charge in [-0.25, -0.2) is 0 Å². The highest BCUT2D eigenvalue weighted by Gasteiger charge is 2.23. The number of carbonyl (C=O) groups is 2. The zero-order chi connectivity index (χ0) is 17.5. The fourth-order valence-electron chi connectivity index (χ4n) is 2.94. The van der Waals surface area contributed by atoms with Gasteiger partial charge in [-0.1, -0.05) is 48.5 Å². The molecule has 1 fully saturated rings. The Bertz CT molecular complexity index is 697. The van der Waals surface area contributed by atoms with E-state index < -0.39 is 0 Å². The fourth-order valence-corrected chi connectivity index (χ4v) is 2.94. The average Bonchev–Trinajstić information content (AvgIpc) is 2.69. The molecule has 5 heteroatoms. The second-order valence-electron chi connectivity index (χ2n) is 6.14. The van der Waals surface area contributed by atoms with Crippen molar-refractivity contribution in [1.82, 2.24) is 15.1 Å². The minimum absolute atomic E-state index is 0.00159. The van der Waals surface area contributed by atoms with Crippen molar-refractivity contribution in [2.45, 2.75) is 6.54 Å². The Morgan fingerprint density at radius 3 is 2.16 bits per heavy atom. The molecule has 2 aromatic carbocycles. The van der Waals surface area contributed by atoms with Gasteiger partial charge in [0.25, 0.3) is 5.91 Å². The molecule has 0 spiro atoms. The van der Waals surface area contributed by atoms with Gasteiger partial charge in [0.05, 0.1) is 0 Å². The normalized spacial score (nSPS) is 14.2. The van der Waals surface area contributed by atoms with Crippen molar-refractivity contribution in [2.75, 3.05) is 32.7 Å². The molecular formula is C20H23N3O2. The Hall–Kier alpha value is -2.66. The maximum absolute atomic E-state index is 12.9. The summed E-state index contributed by atoms with van der Waals surface area (Å²) in [6.07, 6.45) is 0. The summed E-state index contributed by atoms with van der Waals surface area (Å²) in [5.41, 5.74) is 1.62. The standard InChI is InChI=1S/C20H23N3O2/c24-19(22-13-11-21-12-14-22)16-23(15-17-7-3-1-4-8-17)20(25)18-9-5-2-6-10-18/h1-10,21H,11-16H2. The summed E-state index contributed by atoms with van der Waals surface area (Å²) in [6, 6.07) is 18.9. The number of nitrogens with zero attached hydrogens (tertiary/aromatic N) is 2. The van der Waals surface area contributed by atoms with Gasteiger partial charge in [-0.05, 0) is 17.7 Å². The lowest BCUT2D eigenvalue weighted by Gasteiger charge is -2.30. The molecule has 0 radical (unpaired) electrons. The third-order valence-corrected chi connectivity index (χ3v) is 4.32. The van der Waals surface area contributed by atoms with Crippen LogP contribution in [0.15, 0.2) is 60.7 Å². The van der Waals surface area contributed by atoms with Gasteiger partial charge in [-0.15, -0.1) is 0 Å². The van der Waals surface area contributed by atoms with Crippen LogP contribution >= 0.6 is 0 Å². The molecule has 25 heavy (non-hydrogen) atoms. The SMILES string of the molecule is O=C(CN(Cc1ccccc1)C(=O)c1ccccc1)N1CCNCC1. The van der Waals surface area contributed by atoms with E-state index in [2.05, 4.69) is 5.32 Å². The molecule has 1 aliphatic rings. The first-order valence-electron chi connectivity index (χ1n) is 8.61. The van der Waals surface area contributed by atoms with Crippen LogP contribution in [0.3, 0.4) is 0 Å². The second kappa shape index (κ2) is 8.44. The first kappa shape index (κ1) is 17.2. The van der Waals surface area contributed by atoms with Crippen LogP contribution in [0.25, 0.3) is 0 Å². The van der Waals surface area contributed by atoms with Crippen molar-refractivity contribution in [3.8, 4) is 0 Å². The van der Waals surface area contributed by atoms with Gasteiger partial charge >= 0.3 is 0 Å². The third kappa shape index (κ3) is 4.67. The summed E-state index contributed by atoms with van der Waals surface area (Å²) in [4.78, 5) is 29.0. The molecule has 1 aliphatic heterocycles. The zero-order valence-electron chi connectivity index (χ0n) is 14.2. The molecule has 0 bridgehead atoms. The van der Waals surface area contributed by atoms with Gasteiger partial charge in [-0.3, -0.25) is 9.59 Å². The topological polar surface area (TPSA) is 52.7 Å². The highest BCUT2D eigenvalue weighted by molar-refractivity contribution is 5.96. The monoisotopic (exact) mass is 337 g/mol. The highest BCUT2D eigenvalue weighted by atomic mass is 16.2. The Morgan fingerprint density at radius 2 is 1.52 bits per heavy atom. The number of nitrogens with one attached hydrogen (secondary N) is 1. The molecule has 3 rings (SSSR count). The maximum Gasteiger partial charge on any atom is 0.254 e. The average molecular weight is 337 g/mol. The minimum atomic E-state index is -0.118. The van der Waals surface area contributed by atoms with E-state index in [1.54, 1.807) is 17.0 Å². The van der Waals surface area contributed by atoms with E-state index in [4.69, 9.17) is 0 Å². The Kier molecular flexibility index (Phi) is 5.80. The van der Waals surface area contributed by atoms with Crippen molar-refractivity contribution < 1.29 is 9.59 Å². The first-order valence-corrected chi connectivity index (χ1v) is 8.61. The van der Waals surface area contributed by atoms with E-state index >= 15 is 0 Å². The number of rotatable bonds is 5. The molecule has 1 N–H and O–H groups in total. The Labute approximate surface area is 148 Å². The lowest BCUT2D eigenvalue weighted by Crippen LogP contribution is -2.50. The summed E-state index contributed by atoms with van der Waals surface area (Å²) in [6.45, 7) is 3.51.